The maximum Gasteiger partial charge on any atom is 0.340 e. The Hall–Kier alpha value is -3.19. The molecule has 0 aliphatic heterocycles. The second kappa shape index (κ2) is 8.15. The topological polar surface area (TPSA) is 95.9 Å². The molecule has 0 fully saturated rings. The lowest BCUT2D eigenvalue weighted by molar-refractivity contribution is 0.00567. The van der Waals surface area contributed by atoms with Gasteiger partial charge in [-0.25, -0.2) is 14.6 Å². The van der Waals surface area contributed by atoms with E-state index in [0.717, 1.165) is 11.3 Å². The number of esters is 2. The molecule has 0 atom stereocenters. The summed E-state index contributed by atoms with van der Waals surface area (Å²) in [6.07, 6.45) is 1.69. The van der Waals surface area contributed by atoms with Gasteiger partial charge in [0.05, 0.1) is 22.5 Å². The minimum absolute atomic E-state index is 0.224. The van der Waals surface area contributed by atoms with Crippen LogP contribution in [0.15, 0.2) is 42.6 Å². The van der Waals surface area contributed by atoms with Crippen LogP contribution in [-0.2, 0) is 16.0 Å². The van der Waals surface area contributed by atoms with E-state index in [1.807, 2.05) is 53.7 Å². The van der Waals surface area contributed by atoms with Crippen molar-refractivity contribution in [2.24, 2.45) is 5.73 Å². The normalized spacial score (nSPS) is 12.1. The lowest BCUT2D eigenvalue weighted by Gasteiger charge is -2.19. The SMILES string of the molecule is CC(C)(C)OC(=O)c1ccc(-c2nc3ccc(C(=O)OC(C)(C)C)cn3c2CN)cc1. The smallest absolute Gasteiger partial charge is 0.340 e. The fraction of sp³-hybridized carbons (Fsp3) is 0.375. The molecule has 0 bridgehead atoms. The fourth-order valence-electron chi connectivity index (χ4n) is 3.08. The summed E-state index contributed by atoms with van der Waals surface area (Å²) < 4.78 is 12.7. The number of ether oxygens (including phenoxy) is 2. The molecule has 1 aromatic carbocycles. The number of rotatable bonds is 4. The number of hydrogen-bond donors (Lipinski definition) is 1. The van der Waals surface area contributed by atoms with E-state index in [1.54, 1.807) is 34.9 Å². The monoisotopic (exact) mass is 423 g/mol. The second-order valence-corrected chi connectivity index (χ2v) is 9.34. The number of nitrogens with zero attached hydrogens (tertiary/aromatic N) is 2. The van der Waals surface area contributed by atoms with Gasteiger partial charge in [-0.1, -0.05) is 12.1 Å². The molecule has 0 unspecified atom stereocenters. The molecule has 0 amide bonds. The molecule has 0 aliphatic carbocycles. The van der Waals surface area contributed by atoms with Gasteiger partial charge in [0.25, 0.3) is 0 Å². The molecule has 0 saturated carbocycles. The third-order valence-corrected chi connectivity index (χ3v) is 4.34. The lowest BCUT2D eigenvalue weighted by atomic mass is 10.1. The lowest BCUT2D eigenvalue weighted by Crippen LogP contribution is -2.24. The zero-order valence-electron chi connectivity index (χ0n) is 18.9. The molecule has 2 heterocycles. The number of carbonyl (C=O) groups excluding carboxylic acids is 2. The van der Waals surface area contributed by atoms with Crippen molar-refractivity contribution < 1.29 is 19.1 Å². The Morgan fingerprint density at radius 2 is 1.39 bits per heavy atom. The van der Waals surface area contributed by atoms with Crippen LogP contribution in [0.4, 0.5) is 0 Å². The number of nitrogens with two attached hydrogens (primary N) is 1. The van der Waals surface area contributed by atoms with Crippen LogP contribution in [0.2, 0.25) is 0 Å². The van der Waals surface area contributed by atoms with Gasteiger partial charge in [0.15, 0.2) is 0 Å². The molecule has 0 radical (unpaired) electrons. The highest BCUT2D eigenvalue weighted by Crippen LogP contribution is 2.26. The van der Waals surface area contributed by atoms with Gasteiger partial charge in [-0.15, -0.1) is 0 Å². The van der Waals surface area contributed by atoms with Crippen LogP contribution in [0.25, 0.3) is 16.9 Å². The molecule has 164 valence electrons. The summed E-state index contributed by atoms with van der Waals surface area (Å²) in [5, 5.41) is 0. The third-order valence-electron chi connectivity index (χ3n) is 4.34. The van der Waals surface area contributed by atoms with Crippen LogP contribution in [0.3, 0.4) is 0 Å². The van der Waals surface area contributed by atoms with Crippen molar-refractivity contribution in [2.75, 3.05) is 0 Å². The quantitative estimate of drug-likeness (QED) is 0.626. The fourth-order valence-corrected chi connectivity index (χ4v) is 3.08. The molecular formula is C24H29N3O4. The summed E-state index contributed by atoms with van der Waals surface area (Å²) in [5.74, 6) is -0.788. The van der Waals surface area contributed by atoms with Crippen molar-refractivity contribution in [1.29, 1.82) is 0 Å². The number of fused-ring (bicyclic) bond motifs is 1. The van der Waals surface area contributed by atoms with Gasteiger partial charge in [0, 0.05) is 18.3 Å². The van der Waals surface area contributed by atoms with Crippen LogP contribution < -0.4 is 5.73 Å². The predicted octanol–water partition coefficient (Wildman–Crippen LogP) is 4.37. The second-order valence-electron chi connectivity index (χ2n) is 9.34. The Labute approximate surface area is 182 Å². The Morgan fingerprint density at radius 3 is 1.90 bits per heavy atom. The summed E-state index contributed by atoms with van der Waals surface area (Å²) in [7, 11) is 0. The first-order valence-electron chi connectivity index (χ1n) is 10.2. The highest BCUT2D eigenvalue weighted by molar-refractivity contribution is 5.91. The van der Waals surface area contributed by atoms with E-state index >= 15 is 0 Å². The average molecular weight is 424 g/mol. The summed E-state index contributed by atoms with van der Waals surface area (Å²) in [4.78, 5) is 29.4. The summed E-state index contributed by atoms with van der Waals surface area (Å²) >= 11 is 0. The highest BCUT2D eigenvalue weighted by atomic mass is 16.6. The number of carbonyl (C=O) groups is 2. The summed E-state index contributed by atoms with van der Waals surface area (Å²) in [6, 6.07) is 10.5. The first-order valence-corrected chi connectivity index (χ1v) is 10.2. The van der Waals surface area contributed by atoms with Crippen LogP contribution in [0.1, 0.15) is 68.0 Å². The number of benzene rings is 1. The van der Waals surface area contributed by atoms with Gasteiger partial charge in [-0.3, -0.25) is 0 Å². The molecule has 2 N–H and O–H groups in total. The first kappa shape index (κ1) is 22.5. The minimum Gasteiger partial charge on any atom is -0.456 e. The molecule has 2 aromatic heterocycles. The maximum atomic E-state index is 12.4. The van der Waals surface area contributed by atoms with Gasteiger partial charge >= 0.3 is 11.9 Å². The van der Waals surface area contributed by atoms with Crippen LogP contribution in [-0.4, -0.2) is 32.5 Å². The third kappa shape index (κ3) is 5.30. The molecule has 7 heteroatoms. The van der Waals surface area contributed by atoms with Gasteiger partial charge in [-0.05, 0) is 65.8 Å². The number of hydrogen-bond acceptors (Lipinski definition) is 6. The highest BCUT2D eigenvalue weighted by Gasteiger charge is 2.21. The van der Waals surface area contributed by atoms with Crippen molar-refractivity contribution in [1.82, 2.24) is 9.38 Å². The van der Waals surface area contributed by atoms with Crippen molar-refractivity contribution in [2.45, 2.75) is 59.3 Å². The average Bonchev–Trinajstić information content (AvgIpc) is 3.03. The van der Waals surface area contributed by atoms with Gasteiger partial charge in [0.2, 0.25) is 0 Å². The van der Waals surface area contributed by atoms with Crippen molar-refractivity contribution in [3.8, 4) is 11.3 Å². The van der Waals surface area contributed by atoms with E-state index in [9.17, 15) is 9.59 Å². The predicted molar refractivity (Wildman–Crippen MR) is 119 cm³/mol. The van der Waals surface area contributed by atoms with E-state index in [-0.39, 0.29) is 12.5 Å². The van der Waals surface area contributed by atoms with E-state index in [2.05, 4.69) is 4.98 Å². The first-order chi connectivity index (χ1) is 14.4. The zero-order valence-corrected chi connectivity index (χ0v) is 18.9. The summed E-state index contributed by atoms with van der Waals surface area (Å²) in [5.41, 5.74) is 8.69. The zero-order chi connectivity index (χ0) is 23.0. The molecule has 7 nitrogen and oxygen atoms in total. The van der Waals surface area contributed by atoms with Crippen molar-refractivity contribution >= 4 is 17.6 Å². The van der Waals surface area contributed by atoms with Crippen LogP contribution >= 0.6 is 0 Å². The molecule has 0 aliphatic rings. The van der Waals surface area contributed by atoms with Crippen LogP contribution in [0, 0.1) is 0 Å². The largest absolute Gasteiger partial charge is 0.456 e. The van der Waals surface area contributed by atoms with E-state index in [4.69, 9.17) is 15.2 Å². The molecule has 3 aromatic rings. The van der Waals surface area contributed by atoms with E-state index < -0.39 is 17.2 Å². The van der Waals surface area contributed by atoms with Crippen LogP contribution in [0.5, 0.6) is 0 Å². The maximum absolute atomic E-state index is 12.4. The Morgan fingerprint density at radius 1 is 0.871 bits per heavy atom. The summed E-state index contributed by atoms with van der Waals surface area (Å²) in [6.45, 7) is 11.2. The number of aromatic nitrogens is 2. The standard InChI is InChI=1S/C24H29N3O4/c1-23(2,3)30-21(28)16-9-7-15(8-10-16)20-18(13-25)27-14-17(11-12-19(27)26-20)22(29)31-24(4,5)6/h7-12,14H,13,25H2,1-6H3. The van der Waals surface area contributed by atoms with E-state index in [0.29, 0.717) is 22.5 Å². The Balaban J connectivity index is 1.95. The van der Waals surface area contributed by atoms with Gasteiger partial charge in [-0.2, -0.15) is 0 Å². The Bertz CT molecular complexity index is 1120. The molecule has 0 saturated heterocycles. The molecule has 0 spiro atoms. The molecular weight excluding hydrogens is 394 g/mol. The molecule has 3 rings (SSSR count). The number of imidazole rings is 1. The van der Waals surface area contributed by atoms with Gasteiger partial charge < -0.3 is 19.6 Å². The number of pyridine rings is 1. The van der Waals surface area contributed by atoms with Gasteiger partial charge in [0.1, 0.15) is 16.8 Å². The Kier molecular flexibility index (Phi) is 5.91. The van der Waals surface area contributed by atoms with Crippen molar-refractivity contribution in [3.05, 3.63) is 59.4 Å². The van der Waals surface area contributed by atoms with Crippen molar-refractivity contribution in [3.63, 3.8) is 0 Å². The van der Waals surface area contributed by atoms with E-state index in [1.165, 1.54) is 0 Å². The minimum atomic E-state index is -0.585. The molecule has 31 heavy (non-hydrogen) atoms.